The van der Waals surface area contributed by atoms with Crippen LogP contribution >= 0.6 is 11.3 Å². The largest absolute Gasteiger partial charge is 0.270 e. The monoisotopic (exact) mass is 269 g/mol. The summed E-state index contributed by atoms with van der Waals surface area (Å²) in [7, 11) is -3.79. The summed E-state index contributed by atoms with van der Waals surface area (Å²) in [6.45, 7) is 0. The zero-order valence-electron chi connectivity index (χ0n) is 8.23. The fourth-order valence-electron chi connectivity index (χ4n) is 1.18. The maximum absolute atomic E-state index is 12.0. The van der Waals surface area contributed by atoms with Gasteiger partial charge in [0.05, 0.1) is 9.82 Å². The molecule has 0 fully saturated rings. The van der Waals surface area contributed by atoms with Gasteiger partial charge in [0.15, 0.2) is 10.5 Å². The van der Waals surface area contributed by atoms with Gasteiger partial charge in [-0.2, -0.15) is 0 Å². The van der Waals surface area contributed by atoms with Crippen molar-refractivity contribution in [2.24, 2.45) is 0 Å². The van der Waals surface area contributed by atoms with E-state index >= 15 is 0 Å². The molecule has 0 aliphatic heterocycles. The number of nitro benzene ring substituents is 1. The molecule has 0 atom stereocenters. The molecule has 6 nitrogen and oxygen atoms in total. The molecule has 0 bridgehead atoms. The molecule has 0 aliphatic carbocycles. The first-order chi connectivity index (χ1) is 8.01. The molecule has 0 saturated carbocycles. The van der Waals surface area contributed by atoms with Crippen molar-refractivity contribution in [3.8, 4) is 0 Å². The van der Waals surface area contributed by atoms with Gasteiger partial charge in [0, 0.05) is 17.5 Å². The normalized spacial score (nSPS) is 11.3. The molecule has 2 rings (SSSR count). The topological polar surface area (TPSA) is 90.2 Å². The van der Waals surface area contributed by atoms with E-state index in [0.29, 0.717) is 0 Å². The Balaban J connectivity index is 2.55. The van der Waals surface area contributed by atoms with Gasteiger partial charge >= 0.3 is 0 Å². The van der Waals surface area contributed by atoms with Crippen molar-refractivity contribution < 1.29 is 13.3 Å². The number of rotatable bonds is 3. The second kappa shape index (κ2) is 4.22. The van der Waals surface area contributed by atoms with Gasteiger partial charge in [0.2, 0.25) is 9.84 Å². The quantitative estimate of drug-likeness (QED) is 0.624. The van der Waals surface area contributed by atoms with Crippen LogP contribution in [0.25, 0.3) is 0 Å². The highest BCUT2D eigenvalue weighted by atomic mass is 32.2. The first-order valence-corrected chi connectivity index (χ1v) is 6.69. The van der Waals surface area contributed by atoms with E-state index in [-0.39, 0.29) is 15.6 Å². The lowest BCUT2D eigenvalue weighted by atomic mass is 10.3. The minimum Gasteiger partial charge on any atom is -0.258 e. The molecule has 0 aliphatic rings. The summed E-state index contributed by atoms with van der Waals surface area (Å²) < 4.78 is 23.9. The van der Waals surface area contributed by atoms with Crippen LogP contribution in [0.3, 0.4) is 0 Å². The maximum Gasteiger partial charge on any atom is 0.270 e. The van der Waals surface area contributed by atoms with Crippen molar-refractivity contribution in [3.05, 3.63) is 45.3 Å². The standard InChI is InChI=1S/C9H5N2O4S2/c12-11(13)7-2-1-3-8(4-7)17(14,15)9-5-16-6-10-9/h1-5H. The summed E-state index contributed by atoms with van der Waals surface area (Å²) in [5.41, 5.74) is 2.15. The zero-order valence-corrected chi connectivity index (χ0v) is 9.86. The highest BCUT2D eigenvalue weighted by Crippen LogP contribution is 2.23. The SMILES string of the molecule is O=[N+]([O-])c1cccc(S(=O)(=O)c2cs[c]n2)c1. The highest BCUT2D eigenvalue weighted by molar-refractivity contribution is 7.91. The molecule has 0 unspecified atom stereocenters. The Morgan fingerprint density at radius 1 is 1.41 bits per heavy atom. The molecule has 1 aromatic carbocycles. The Kier molecular flexibility index (Phi) is 2.90. The Labute approximate surface area is 101 Å². The Morgan fingerprint density at radius 2 is 2.18 bits per heavy atom. The number of benzene rings is 1. The van der Waals surface area contributed by atoms with E-state index in [0.717, 1.165) is 17.4 Å². The molecule has 8 heteroatoms. The van der Waals surface area contributed by atoms with E-state index in [1.54, 1.807) is 0 Å². The third-order valence-electron chi connectivity index (χ3n) is 1.98. The van der Waals surface area contributed by atoms with Crippen molar-refractivity contribution in [2.45, 2.75) is 9.92 Å². The number of nitrogens with zero attached hydrogens (tertiary/aromatic N) is 2. The van der Waals surface area contributed by atoms with Gasteiger partial charge in [-0.1, -0.05) is 6.07 Å². The third-order valence-corrected chi connectivity index (χ3v) is 4.30. The summed E-state index contributed by atoms with van der Waals surface area (Å²) >= 11 is 1.02. The van der Waals surface area contributed by atoms with E-state index in [9.17, 15) is 18.5 Å². The molecule has 1 heterocycles. The Morgan fingerprint density at radius 3 is 2.76 bits per heavy atom. The van der Waals surface area contributed by atoms with Crippen LogP contribution in [0.4, 0.5) is 5.69 Å². The van der Waals surface area contributed by atoms with E-state index in [1.165, 1.54) is 23.6 Å². The van der Waals surface area contributed by atoms with Crippen LogP contribution < -0.4 is 0 Å². The molecular formula is C9H5N2O4S2. The highest BCUT2D eigenvalue weighted by Gasteiger charge is 2.21. The third kappa shape index (κ3) is 2.17. The number of hydrogen-bond acceptors (Lipinski definition) is 6. The van der Waals surface area contributed by atoms with E-state index in [4.69, 9.17) is 0 Å². The number of sulfone groups is 1. The van der Waals surface area contributed by atoms with Crippen molar-refractivity contribution in [2.75, 3.05) is 0 Å². The van der Waals surface area contributed by atoms with Crippen LogP contribution in [-0.2, 0) is 9.84 Å². The zero-order chi connectivity index (χ0) is 12.5. The number of non-ortho nitro benzene ring substituents is 1. The average Bonchev–Trinajstić information content (AvgIpc) is 2.83. The maximum atomic E-state index is 12.0. The molecule has 17 heavy (non-hydrogen) atoms. The van der Waals surface area contributed by atoms with Gasteiger partial charge in [0.25, 0.3) is 5.69 Å². The van der Waals surface area contributed by atoms with Gasteiger partial charge in [-0.3, -0.25) is 10.1 Å². The average molecular weight is 269 g/mol. The number of hydrogen-bond donors (Lipinski definition) is 0. The molecule has 0 spiro atoms. The van der Waals surface area contributed by atoms with Gasteiger partial charge in [-0.15, -0.1) is 11.3 Å². The second-order valence-corrected chi connectivity index (χ2v) is 5.59. The first kappa shape index (κ1) is 11.7. The van der Waals surface area contributed by atoms with Crippen LogP contribution in [0, 0.1) is 15.6 Å². The van der Waals surface area contributed by atoms with E-state index < -0.39 is 14.8 Å². The van der Waals surface area contributed by atoms with Crippen LogP contribution in [0.5, 0.6) is 0 Å². The molecule has 1 aromatic heterocycles. The van der Waals surface area contributed by atoms with Crippen molar-refractivity contribution >= 4 is 26.9 Å². The minimum absolute atomic E-state index is 0.147. The van der Waals surface area contributed by atoms with E-state index in [1.807, 2.05) is 0 Å². The van der Waals surface area contributed by atoms with Crippen LogP contribution in [-0.4, -0.2) is 18.3 Å². The Hall–Kier alpha value is -1.80. The molecule has 0 N–H and O–H groups in total. The van der Waals surface area contributed by atoms with Crippen LogP contribution in [0.2, 0.25) is 0 Å². The predicted octanol–water partition coefficient (Wildman–Crippen LogP) is 1.68. The summed E-state index contributed by atoms with van der Waals surface area (Å²) in [5, 5.41) is 11.7. The summed E-state index contributed by atoms with van der Waals surface area (Å²) in [4.78, 5) is 13.3. The lowest BCUT2D eigenvalue weighted by Gasteiger charge is -2.00. The molecular weight excluding hydrogens is 264 g/mol. The van der Waals surface area contributed by atoms with Gasteiger partial charge in [0.1, 0.15) is 0 Å². The lowest BCUT2D eigenvalue weighted by Crippen LogP contribution is -2.02. The molecule has 1 radical (unpaired) electrons. The van der Waals surface area contributed by atoms with Crippen molar-refractivity contribution in [1.29, 1.82) is 0 Å². The van der Waals surface area contributed by atoms with Crippen LogP contribution in [0.1, 0.15) is 0 Å². The molecule has 2 aromatic rings. The van der Waals surface area contributed by atoms with E-state index in [2.05, 4.69) is 10.5 Å². The Bertz CT molecular complexity index is 649. The molecule has 0 amide bonds. The van der Waals surface area contributed by atoms with Crippen molar-refractivity contribution in [3.63, 3.8) is 0 Å². The first-order valence-electron chi connectivity index (χ1n) is 4.33. The second-order valence-electron chi connectivity index (χ2n) is 3.03. The fraction of sp³-hybridized carbons (Fsp3) is 0. The molecule has 87 valence electrons. The number of aromatic nitrogens is 1. The summed E-state index contributed by atoms with van der Waals surface area (Å²) in [6, 6.07) is 4.85. The van der Waals surface area contributed by atoms with Gasteiger partial charge in [-0.25, -0.2) is 13.4 Å². The van der Waals surface area contributed by atoms with Crippen LogP contribution in [0.15, 0.2) is 39.6 Å². The predicted molar refractivity (Wildman–Crippen MR) is 59.5 cm³/mol. The number of thiazole rings is 1. The smallest absolute Gasteiger partial charge is 0.258 e. The summed E-state index contributed by atoms with van der Waals surface area (Å²) in [6.07, 6.45) is 0. The summed E-state index contributed by atoms with van der Waals surface area (Å²) in [5.74, 6) is 0. The minimum atomic E-state index is -3.79. The fourth-order valence-corrected chi connectivity index (χ4v) is 3.19. The molecule has 0 saturated heterocycles. The lowest BCUT2D eigenvalue weighted by molar-refractivity contribution is -0.385. The van der Waals surface area contributed by atoms with Gasteiger partial charge in [-0.05, 0) is 6.07 Å². The van der Waals surface area contributed by atoms with Gasteiger partial charge < -0.3 is 0 Å². The number of nitro groups is 1. The van der Waals surface area contributed by atoms with Crippen molar-refractivity contribution in [1.82, 2.24) is 4.98 Å².